The first-order chi connectivity index (χ1) is 15.0. The summed E-state index contributed by atoms with van der Waals surface area (Å²) >= 11 is 9.19. The maximum Gasteiger partial charge on any atom is 0.267 e. The first kappa shape index (κ1) is 20.7. The maximum absolute atomic E-state index is 14.3. The summed E-state index contributed by atoms with van der Waals surface area (Å²) in [5.74, 6) is -0.0580. The Balaban J connectivity index is 1.67. The first-order valence-corrected chi connectivity index (χ1v) is 12.4. The molecule has 0 spiro atoms. The van der Waals surface area contributed by atoms with Crippen LogP contribution in [0.3, 0.4) is 0 Å². The van der Waals surface area contributed by atoms with Gasteiger partial charge in [-0.05, 0) is 62.4 Å². The van der Waals surface area contributed by atoms with E-state index in [1.807, 2.05) is 31.2 Å². The average Bonchev–Trinajstić information content (AvgIpc) is 3.13. The van der Waals surface area contributed by atoms with Crippen molar-refractivity contribution in [2.24, 2.45) is 0 Å². The normalized spacial score (nSPS) is 13.5. The molecule has 7 heteroatoms. The Labute approximate surface area is 192 Å². The van der Waals surface area contributed by atoms with E-state index in [1.165, 1.54) is 28.3 Å². The number of thiophene rings is 1. The van der Waals surface area contributed by atoms with Crippen molar-refractivity contribution in [3.8, 4) is 5.69 Å². The molecule has 2 heterocycles. The summed E-state index contributed by atoms with van der Waals surface area (Å²) in [6, 6.07) is 12.5. The van der Waals surface area contributed by atoms with Gasteiger partial charge in [-0.1, -0.05) is 47.1 Å². The molecular weight excluding hydrogens is 451 g/mol. The number of nitrogens with zero attached hydrogens (tertiary/aromatic N) is 2. The van der Waals surface area contributed by atoms with Crippen LogP contribution in [0.2, 0.25) is 5.02 Å². The highest BCUT2D eigenvalue weighted by atomic mass is 35.5. The molecule has 0 fully saturated rings. The van der Waals surface area contributed by atoms with Crippen molar-refractivity contribution >= 4 is 44.9 Å². The van der Waals surface area contributed by atoms with Gasteiger partial charge in [0, 0.05) is 21.2 Å². The van der Waals surface area contributed by atoms with E-state index in [-0.39, 0.29) is 11.4 Å². The highest BCUT2D eigenvalue weighted by Crippen LogP contribution is 2.36. The van der Waals surface area contributed by atoms with Crippen molar-refractivity contribution in [1.82, 2.24) is 9.55 Å². The SMILES string of the molecule is Cc1ccc(-n2c(SCc3c(F)cccc3Cl)nc3sc4c(c3c2=O)CCCC4)cc1. The molecule has 1 aliphatic rings. The van der Waals surface area contributed by atoms with Gasteiger partial charge in [0.2, 0.25) is 0 Å². The van der Waals surface area contributed by atoms with Gasteiger partial charge in [0.1, 0.15) is 10.6 Å². The molecule has 0 N–H and O–H groups in total. The number of aryl methyl sites for hydroxylation is 3. The van der Waals surface area contributed by atoms with Crippen molar-refractivity contribution in [1.29, 1.82) is 0 Å². The summed E-state index contributed by atoms with van der Waals surface area (Å²) in [7, 11) is 0. The molecule has 0 atom stereocenters. The van der Waals surface area contributed by atoms with E-state index < -0.39 is 0 Å². The van der Waals surface area contributed by atoms with Crippen molar-refractivity contribution in [3.05, 3.63) is 85.2 Å². The van der Waals surface area contributed by atoms with Gasteiger partial charge in [0.25, 0.3) is 5.56 Å². The number of benzene rings is 2. The lowest BCUT2D eigenvalue weighted by molar-refractivity contribution is 0.617. The Morgan fingerprint density at radius 3 is 2.71 bits per heavy atom. The van der Waals surface area contributed by atoms with Crippen LogP contribution >= 0.6 is 34.7 Å². The van der Waals surface area contributed by atoms with Crippen LogP contribution in [0, 0.1) is 12.7 Å². The Hall–Kier alpha value is -2.15. The monoisotopic (exact) mass is 470 g/mol. The second-order valence-electron chi connectivity index (χ2n) is 7.75. The summed E-state index contributed by atoms with van der Waals surface area (Å²) in [6.45, 7) is 2.01. The maximum atomic E-state index is 14.3. The molecule has 0 radical (unpaired) electrons. The van der Waals surface area contributed by atoms with E-state index in [1.54, 1.807) is 28.0 Å². The molecule has 0 unspecified atom stereocenters. The third-order valence-corrected chi connectivity index (χ3v) is 8.16. The number of fused-ring (bicyclic) bond motifs is 3. The molecule has 2 aromatic carbocycles. The molecular formula is C24H20ClFN2OS2. The van der Waals surface area contributed by atoms with Crippen LogP contribution < -0.4 is 5.56 Å². The third-order valence-electron chi connectivity index (χ3n) is 5.66. The molecule has 0 saturated heterocycles. The lowest BCUT2D eigenvalue weighted by Crippen LogP contribution is -2.22. The lowest BCUT2D eigenvalue weighted by Gasteiger charge is -2.14. The Kier molecular flexibility index (Phi) is 5.63. The number of hydrogen-bond acceptors (Lipinski definition) is 4. The van der Waals surface area contributed by atoms with Crippen LogP contribution in [0.25, 0.3) is 15.9 Å². The van der Waals surface area contributed by atoms with Gasteiger partial charge in [-0.2, -0.15) is 0 Å². The van der Waals surface area contributed by atoms with E-state index in [4.69, 9.17) is 16.6 Å². The molecule has 31 heavy (non-hydrogen) atoms. The fraction of sp³-hybridized carbons (Fsp3) is 0.250. The zero-order valence-electron chi connectivity index (χ0n) is 17.0. The molecule has 3 nitrogen and oxygen atoms in total. The van der Waals surface area contributed by atoms with Crippen molar-refractivity contribution in [2.45, 2.75) is 43.5 Å². The highest BCUT2D eigenvalue weighted by molar-refractivity contribution is 7.98. The lowest BCUT2D eigenvalue weighted by atomic mass is 9.97. The van der Waals surface area contributed by atoms with Crippen LogP contribution in [0.5, 0.6) is 0 Å². The predicted octanol–water partition coefficient (Wildman–Crippen LogP) is 6.72. The second kappa shape index (κ2) is 8.41. The number of rotatable bonds is 4. The Morgan fingerprint density at radius 2 is 1.94 bits per heavy atom. The van der Waals surface area contributed by atoms with Gasteiger partial charge in [-0.3, -0.25) is 9.36 Å². The fourth-order valence-electron chi connectivity index (χ4n) is 4.01. The van der Waals surface area contributed by atoms with Gasteiger partial charge in [0.05, 0.1) is 11.1 Å². The number of halogens is 2. The van der Waals surface area contributed by atoms with Gasteiger partial charge in [-0.15, -0.1) is 11.3 Å². The van der Waals surface area contributed by atoms with Crippen molar-refractivity contribution < 1.29 is 4.39 Å². The van der Waals surface area contributed by atoms with Crippen LogP contribution in [0.15, 0.2) is 52.4 Å². The second-order valence-corrected chi connectivity index (χ2v) is 10.2. The van der Waals surface area contributed by atoms with E-state index in [2.05, 4.69) is 0 Å². The summed E-state index contributed by atoms with van der Waals surface area (Å²) in [4.78, 5) is 20.7. The number of aromatic nitrogens is 2. The molecule has 158 valence electrons. The van der Waals surface area contributed by atoms with Gasteiger partial charge < -0.3 is 0 Å². The minimum atomic E-state index is -0.350. The molecule has 2 aromatic heterocycles. The molecule has 5 rings (SSSR count). The summed E-state index contributed by atoms with van der Waals surface area (Å²) in [6.07, 6.45) is 4.19. The van der Waals surface area contributed by atoms with Crippen LogP contribution in [-0.2, 0) is 18.6 Å². The number of thioether (sulfide) groups is 1. The quantitative estimate of drug-likeness (QED) is 0.245. The third kappa shape index (κ3) is 3.81. The molecule has 0 saturated carbocycles. The smallest absolute Gasteiger partial charge is 0.267 e. The van der Waals surface area contributed by atoms with Gasteiger partial charge >= 0.3 is 0 Å². The predicted molar refractivity (Wildman–Crippen MR) is 128 cm³/mol. The molecule has 0 amide bonds. The van der Waals surface area contributed by atoms with E-state index in [9.17, 15) is 9.18 Å². The van der Waals surface area contributed by atoms with E-state index in [0.717, 1.165) is 47.2 Å². The van der Waals surface area contributed by atoms with E-state index in [0.29, 0.717) is 21.5 Å². The average molecular weight is 471 g/mol. The molecule has 1 aliphatic carbocycles. The van der Waals surface area contributed by atoms with Crippen LogP contribution in [0.4, 0.5) is 4.39 Å². The highest BCUT2D eigenvalue weighted by Gasteiger charge is 2.23. The van der Waals surface area contributed by atoms with Gasteiger partial charge in [-0.25, -0.2) is 9.37 Å². The Morgan fingerprint density at radius 1 is 1.16 bits per heavy atom. The van der Waals surface area contributed by atoms with E-state index >= 15 is 0 Å². The first-order valence-electron chi connectivity index (χ1n) is 10.2. The molecule has 4 aromatic rings. The topological polar surface area (TPSA) is 34.9 Å². The minimum Gasteiger partial charge on any atom is -0.268 e. The Bertz CT molecular complexity index is 1320. The number of hydrogen-bond donors (Lipinski definition) is 0. The van der Waals surface area contributed by atoms with Crippen LogP contribution in [-0.4, -0.2) is 9.55 Å². The largest absolute Gasteiger partial charge is 0.268 e. The minimum absolute atomic E-state index is 0.0459. The molecule has 0 aliphatic heterocycles. The standard InChI is InChI=1S/C24H20ClFN2OS2/c1-14-9-11-15(12-10-14)28-23(29)21-16-5-2-3-8-20(16)31-22(21)27-24(28)30-13-17-18(25)6-4-7-19(17)26/h4,6-7,9-12H,2-3,5,8,13H2,1H3. The summed E-state index contributed by atoms with van der Waals surface area (Å²) < 4.78 is 16.0. The fourth-order valence-corrected chi connectivity index (χ4v) is 6.67. The van der Waals surface area contributed by atoms with Crippen molar-refractivity contribution in [2.75, 3.05) is 0 Å². The zero-order chi connectivity index (χ0) is 21.5. The molecule has 0 bridgehead atoms. The van der Waals surface area contributed by atoms with Crippen molar-refractivity contribution in [3.63, 3.8) is 0 Å². The van der Waals surface area contributed by atoms with Gasteiger partial charge in [0.15, 0.2) is 5.16 Å². The van der Waals surface area contributed by atoms with Crippen LogP contribution in [0.1, 0.15) is 34.4 Å². The summed E-state index contributed by atoms with van der Waals surface area (Å²) in [5, 5.41) is 1.68. The summed E-state index contributed by atoms with van der Waals surface area (Å²) in [5.41, 5.74) is 3.42. The zero-order valence-corrected chi connectivity index (χ0v) is 19.3.